The maximum Gasteiger partial charge on any atom is 0.318 e. The zero-order valence-electron chi connectivity index (χ0n) is 7.83. The van der Waals surface area contributed by atoms with Crippen molar-refractivity contribution in [2.45, 2.75) is 39.0 Å². The molecule has 0 aliphatic rings. The predicted octanol–water partition coefficient (Wildman–Crippen LogP) is 3.24. The molecule has 0 saturated carbocycles. The van der Waals surface area contributed by atoms with Crippen molar-refractivity contribution < 1.29 is 0 Å². The Labute approximate surface area is 81.1 Å². The molecule has 0 spiro atoms. The molecular formula is C6H17Cl2NSi2. The van der Waals surface area contributed by atoms with Crippen LogP contribution in [0.5, 0.6) is 0 Å². The highest BCUT2D eigenvalue weighted by atomic mass is 35.7. The van der Waals surface area contributed by atoms with E-state index < -0.39 is 15.1 Å². The Morgan fingerprint density at radius 1 is 1.09 bits per heavy atom. The van der Waals surface area contributed by atoms with Gasteiger partial charge in [0, 0.05) is 0 Å². The van der Waals surface area contributed by atoms with Gasteiger partial charge < -0.3 is 4.65 Å². The van der Waals surface area contributed by atoms with Gasteiger partial charge in [-0.05, 0) is 5.54 Å². The highest BCUT2D eigenvalue weighted by molar-refractivity contribution is 7.46. The van der Waals surface area contributed by atoms with E-state index in [1.165, 1.54) is 0 Å². The Morgan fingerprint density at radius 2 is 1.45 bits per heavy atom. The zero-order valence-corrected chi connectivity index (χ0v) is 11.3. The average Bonchev–Trinajstić information content (AvgIpc) is 1.56. The monoisotopic (exact) mass is 229 g/mol. The lowest BCUT2D eigenvalue weighted by molar-refractivity contribution is 1.02. The molecule has 5 heteroatoms. The Morgan fingerprint density at radius 3 is 1.55 bits per heavy atom. The summed E-state index contributed by atoms with van der Waals surface area (Å²) >= 11 is 12.4. The van der Waals surface area contributed by atoms with Crippen LogP contribution in [0.2, 0.25) is 25.2 Å². The maximum atomic E-state index is 6.18. The van der Waals surface area contributed by atoms with Gasteiger partial charge in [0.2, 0.25) is 0 Å². The topological polar surface area (TPSA) is 12.0 Å². The number of nitrogens with one attached hydrogen (secondary N) is 1. The summed E-state index contributed by atoms with van der Waals surface area (Å²) in [5.74, 6) is 0. The molecule has 11 heavy (non-hydrogen) atoms. The minimum atomic E-state index is -2.16. The third-order valence-corrected chi connectivity index (χ3v) is 11.4. The minimum Gasteiger partial charge on any atom is -0.335 e. The Kier molecular flexibility index (Phi) is 4.12. The highest BCUT2D eigenvalue weighted by Crippen LogP contribution is 2.27. The van der Waals surface area contributed by atoms with E-state index in [1.807, 2.05) is 0 Å². The smallest absolute Gasteiger partial charge is 0.318 e. The molecule has 0 radical (unpaired) electrons. The van der Waals surface area contributed by atoms with Crippen molar-refractivity contribution in [3.8, 4) is 0 Å². The second-order valence-electron chi connectivity index (χ2n) is 4.15. The van der Waals surface area contributed by atoms with Crippen molar-refractivity contribution in [2.75, 3.05) is 0 Å². The van der Waals surface area contributed by atoms with Crippen LogP contribution in [-0.2, 0) is 0 Å². The molecule has 0 saturated heterocycles. The van der Waals surface area contributed by atoms with Crippen molar-refractivity contribution in [3.05, 3.63) is 0 Å². The third kappa shape index (κ3) is 5.25. The summed E-state index contributed by atoms with van der Waals surface area (Å²) in [6, 6.07) is 0. The molecule has 68 valence electrons. The fourth-order valence-corrected chi connectivity index (χ4v) is 10.9. The molecule has 1 N–H and O–H groups in total. The molecule has 0 aliphatic heterocycles. The van der Waals surface area contributed by atoms with Gasteiger partial charge in [-0.25, -0.2) is 0 Å². The maximum absolute atomic E-state index is 6.18. The Balaban J connectivity index is 4.13. The number of rotatable bonds is 3. The number of halogens is 2. The van der Waals surface area contributed by atoms with Crippen molar-refractivity contribution in [1.29, 1.82) is 0 Å². The second-order valence-corrected chi connectivity index (χ2v) is 16.2. The van der Waals surface area contributed by atoms with Gasteiger partial charge in [-0.15, -0.1) is 22.2 Å². The molecular weight excluding hydrogens is 213 g/mol. The van der Waals surface area contributed by atoms with Gasteiger partial charge in [0.15, 0.2) is 0 Å². The first-order valence-corrected chi connectivity index (χ1v) is 11.4. The predicted molar refractivity (Wildman–Crippen MR) is 59.0 cm³/mol. The van der Waals surface area contributed by atoms with E-state index in [4.69, 9.17) is 22.2 Å². The van der Waals surface area contributed by atoms with Crippen LogP contribution in [0, 0.1) is 0 Å². The largest absolute Gasteiger partial charge is 0.335 e. The van der Waals surface area contributed by atoms with Gasteiger partial charge in [0.25, 0.3) is 0 Å². The van der Waals surface area contributed by atoms with E-state index in [-0.39, 0.29) is 0 Å². The van der Waals surface area contributed by atoms with Gasteiger partial charge in [-0.3, -0.25) is 0 Å². The lowest BCUT2D eigenvalue weighted by atomic mass is 10.6. The lowest BCUT2D eigenvalue weighted by Crippen LogP contribution is -2.56. The fraction of sp³-hybridized carbons (Fsp3) is 1.00. The van der Waals surface area contributed by atoms with Crippen molar-refractivity contribution in [2.24, 2.45) is 0 Å². The standard InChI is InChI=1S/C6H17Cl2NSi2/c1-6(2)11(7,8)9-10(3,4)5/h6,9H,1-5H3. The summed E-state index contributed by atoms with van der Waals surface area (Å²) < 4.78 is 3.40. The van der Waals surface area contributed by atoms with Crippen LogP contribution in [0.25, 0.3) is 0 Å². The first kappa shape index (κ1) is 12.0. The van der Waals surface area contributed by atoms with Gasteiger partial charge in [-0.2, -0.15) is 0 Å². The van der Waals surface area contributed by atoms with E-state index in [1.54, 1.807) is 0 Å². The number of hydrogen-bond donors (Lipinski definition) is 1. The fourth-order valence-electron chi connectivity index (χ4n) is 0.644. The third-order valence-electron chi connectivity index (χ3n) is 1.27. The quantitative estimate of drug-likeness (QED) is 0.579. The zero-order chi connectivity index (χ0) is 9.28. The number of hydrogen-bond acceptors (Lipinski definition) is 1. The van der Waals surface area contributed by atoms with Gasteiger partial charge in [0.1, 0.15) is 8.24 Å². The molecule has 0 aliphatic carbocycles. The summed E-state index contributed by atoms with van der Waals surface area (Å²) in [5, 5.41) is 0. The van der Waals surface area contributed by atoms with Crippen LogP contribution in [-0.4, -0.2) is 15.1 Å². The molecule has 0 heterocycles. The van der Waals surface area contributed by atoms with Crippen LogP contribution < -0.4 is 4.65 Å². The first-order chi connectivity index (χ1) is 4.65. The van der Waals surface area contributed by atoms with E-state index in [0.717, 1.165) is 0 Å². The van der Waals surface area contributed by atoms with Crippen LogP contribution >= 0.6 is 22.2 Å². The first-order valence-electron chi connectivity index (χ1n) is 3.82. The molecule has 0 aromatic heterocycles. The van der Waals surface area contributed by atoms with E-state index in [9.17, 15) is 0 Å². The molecule has 0 fully saturated rings. The van der Waals surface area contributed by atoms with Crippen LogP contribution in [0.4, 0.5) is 0 Å². The van der Waals surface area contributed by atoms with Gasteiger partial charge >= 0.3 is 6.86 Å². The van der Waals surface area contributed by atoms with Crippen molar-refractivity contribution in [1.82, 2.24) is 4.65 Å². The van der Waals surface area contributed by atoms with E-state index in [2.05, 4.69) is 38.1 Å². The SMILES string of the molecule is CC(C)[Si](Cl)(Cl)N[Si](C)(C)C. The normalized spacial score (nSPS) is 14.2. The summed E-state index contributed by atoms with van der Waals surface area (Å²) in [5.41, 5.74) is 0.373. The Bertz CT molecular complexity index is 131. The lowest BCUT2D eigenvalue weighted by Gasteiger charge is -2.30. The summed E-state index contributed by atoms with van der Waals surface area (Å²) in [4.78, 5) is 0. The van der Waals surface area contributed by atoms with Crippen molar-refractivity contribution >= 4 is 37.2 Å². The summed E-state index contributed by atoms with van der Waals surface area (Å²) in [6.45, 7) is 8.61. The van der Waals surface area contributed by atoms with E-state index >= 15 is 0 Å². The highest BCUT2D eigenvalue weighted by Gasteiger charge is 2.36. The Hall–Kier alpha value is 0.974. The molecule has 0 rings (SSSR count). The average molecular weight is 230 g/mol. The van der Waals surface area contributed by atoms with Crippen molar-refractivity contribution in [3.63, 3.8) is 0 Å². The van der Waals surface area contributed by atoms with Crippen LogP contribution in [0.15, 0.2) is 0 Å². The molecule has 0 aromatic carbocycles. The minimum absolute atomic E-state index is 0.373. The summed E-state index contributed by atoms with van der Waals surface area (Å²) in [7, 11) is -1.31. The molecule has 0 aromatic rings. The molecule has 0 atom stereocenters. The van der Waals surface area contributed by atoms with Gasteiger partial charge in [0.05, 0.1) is 0 Å². The molecule has 0 amide bonds. The van der Waals surface area contributed by atoms with Crippen LogP contribution in [0.3, 0.4) is 0 Å². The van der Waals surface area contributed by atoms with Gasteiger partial charge in [-0.1, -0.05) is 33.5 Å². The second kappa shape index (κ2) is 3.79. The molecule has 0 bridgehead atoms. The van der Waals surface area contributed by atoms with Crippen LogP contribution in [0.1, 0.15) is 13.8 Å². The molecule has 1 nitrogen and oxygen atoms in total. The van der Waals surface area contributed by atoms with E-state index in [0.29, 0.717) is 5.54 Å². The molecule has 0 unspecified atom stereocenters. The summed E-state index contributed by atoms with van der Waals surface area (Å²) in [6.07, 6.45) is 0.